The van der Waals surface area contributed by atoms with E-state index >= 15 is 0 Å². The zero-order valence-corrected chi connectivity index (χ0v) is 15.9. The van der Waals surface area contributed by atoms with Crippen molar-refractivity contribution in [2.75, 3.05) is 5.32 Å². The molecular formula is C23H19FN4O. The first-order chi connectivity index (χ1) is 14.0. The molecule has 0 bridgehead atoms. The van der Waals surface area contributed by atoms with Gasteiger partial charge in [0.05, 0.1) is 11.1 Å². The molecule has 0 unspecified atom stereocenters. The number of anilines is 1. The highest BCUT2D eigenvalue weighted by molar-refractivity contribution is 6.02. The molecule has 144 valence electrons. The van der Waals surface area contributed by atoms with Crippen molar-refractivity contribution >= 4 is 17.4 Å². The number of hydrogen-bond donors (Lipinski definition) is 1. The average molecular weight is 386 g/mol. The second-order valence-corrected chi connectivity index (χ2v) is 7.53. The van der Waals surface area contributed by atoms with Gasteiger partial charge in [-0.25, -0.2) is 14.4 Å². The van der Waals surface area contributed by atoms with E-state index in [1.54, 1.807) is 18.3 Å². The van der Waals surface area contributed by atoms with E-state index in [-0.39, 0.29) is 11.7 Å². The zero-order valence-electron chi connectivity index (χ0n) is 15.9. The first-order valence-corrected chi connectivity index (χ1v) is 9.53. The molecule has 4 aromatic rings. The molecule has 5 nitrogen and oxygen atoms in total. The number of halogens is 1. The number of aromatic nitrogens is 3. The normalized spacial score (nSPS) is 14.7. The number of nitrogens with zero attached hydrogens (tertiary/aromatic N) is 3. The van der Waals surface area contributed by atoms with Crippen LogP contribution in [0.25, 0.3) is 17.0 Å². The van der Waals surface area contributed by atoms with Gasteiger partial charge in [0, 0.05) is 29.8 Å². The summed E-state index contributed by atoms with van der Waals surface area (Å²) in [5, 5.41) is 3.09. The maximum atomic E-state index is 13.3. The lowest BCUT2D eigenvalue weighted by molar-refractivity contribution is -0.118. The first kappa shape index (κ1) is 17.6. The van der Waals surface area contributed by atoms with Crippen molar-refractivity contribution in [3.05, 3.63) is 84.1 Å². The number of hydrogen-bond acceptors (Lipinski definition) is 3. The number of carbonyl (C=O) groups is 1. The van der Waals surface area contributed by atoms with Crippen molar-refractivity contribution in [1.82, 2.24) is 14.4 Å². The molecule has 1 aliphatic rings. The van der Waals surface area contributed by atoms with Gasteiger partial charge in [0.15, 0.2) is 0 Å². The summed E-state index contributed by atoms with van der Waals surface area (Å²) < 4.78 is 15.1. The minimum atomic E-state index is -0.566. The van der Waals surface area contributed by atoms with Gasteiger partial charge in [-0.1, -0.05) is 24.3 Å². The minimum Gasteiger partial charge on any atom is -0.325 e. The van der Waals surface area contributed by atoms with Crippen LogP contribution in [0.15, 0.2) is 67.1 Å². The monoisotopic (exact) mass is 386 g/mol. The second kappa shape index (κ2) is 6.51. The lowest BCUT2D eigenvalue weighted by Crippen LogP contribution is -2.28. The van der Waals surface area contributed by atoms with Crippen LogP contribution < -0.4 is 5.32 Å². The highest BCUT2D eigenvalue weighted by atomic mass is 19.1. The first-order valence-electron chi connectivity index (χ1n) is 9.53. The van der Waals surface area contributed by atoms with Gasteiger partial charge in [0.25, 0.3) is 0 Å². The lowest BCUT2D eigenvalue weighted by Gasteiger charge is -2.17. The van der Waals surface area contributed by atoms with E-state index in [2.05, 4.69) is 15.3 Å². The van der Waals surface area contributed by atoms with Crippen LogP contribution in [0.2, 0.25) is 0 Å². The molecule has 0 atom stereocenters. The van der Waals surface area contributed by atoms with Crippen LogP contribution >= 0.6 is 0 Å². The molecule has 1 N–H and O–H groups in total. The molecule has 2 aromatic heterocycles. The molecule has 0 radical (unpaired) electrons. The standard InChI is InChI=1S/C23H19FN4O/c1-15-3-4-16(20-14-28-12-2-11-25-22(28)27-20)13-19(15)26-21(29)23(9-10-23)17-5-7-18(24)8-6-17/h2-8,11-14H,9-10H2,1H3,(H,26,29). The summed E-state index contributed by atoms with van der Waals surface area (Å²) in [4.78, 5) is 21.9. The van der Waals surface area contributed by atoms with E-state index in [0.29, 0.717) is 5.78 Å². The molecule has 0 aliphatic heterocycles. The van der Waals surface area contributed by atoms with Gasteiger partial charge in [-0.2, -0.15) is 0 Å². The van der Waals surface area contributed by atoms with Gasteiger partial charge in [-0.05, 0) is 55.2 Å². The Hall–Kier alpha value is -3.54. The minimum absolute atomic E-state index is 0.0546. The zero-order chi connectivity index (χ0) is 20.0. The summed E-state index contributed by atoms with van der Waals surface area (Å²) in [6.07, 6.45) is 7.05. The SMILES string of the molecule is Cc1ccc(-c2cn3cccnc3n2)cc1NC(=O)C1(c2ccc(F)cc2)CC1. The Bertz CT molecular complexity index is 1190. The number of nitrogens with one attached hydrogen (secondary N) is 1. The number of amides is 1. The number of benzene rings is 2. The van der Waals surface area contributed by atoms with E-state index < -0.39 is 5.41 Å². The van der Waals surface area contributed by atoms with Crippen molar-refractivity contribution in [2.45, 2.75) is 25.2 Å². The molecular weight excluding hydrogens is 367 g/mol. The van der Waals surface area contributed by atoms with Crippen LogP contribution in [0.5, 0.6) is 0 Å². The van der Waals surface area contributed by atoms with Gasteiger partial charge < -0.3 is 5.32 Å². The number of rotatable bonds is 4. The van der Waals surface area contributed by atoms with Crippen molar-refractivity contribution in [3.8, 4) is 11.3 Å². The number of carbonyl (C=O) groups excluding carboxylic acids is 1. The summed E-state index contributed by atoms with van der Waals surface area (Å²) in [6.45, 7) is 1.96. The molecule has 1 saturated carbocycles. The Kier molecular flexibility index (Phi) is 3.94. The predicted octanol–water partition coefficient (Wildman–Crippen LogP) is 4.51. The average Bonchev–Trinajstić information content (AvgIpc) is 3.42. The molecule has 5 rings (SSSR count). The van der Waals surface area contributed by atoms with Crippen LogP contribution in [0.4, 0.5) is 10.1 Å². The molecule has 1 fully saturated rings. The summed E-state index contributed by atoms with van der Waals surface area (Å²) in [5.74, 6) is 0.276. The van der Waals surface area contributed by atoms with Crippen LogP contribution in [-0.4, -0.2) is 20.3 Å². The van der Waals surface area contributed by atoms with Crippen LogP contribution in [0.1, 0.15) is 24.0 Å². The van der Waals surface area contributed by atoms with Gasteiger partial charge in [0.2, 0.25) is 11.7 Å². The van der Waals surface area contributed by atoms with E-state index in [1.807, 2.05) is 48.0 Å². The van der Waals surface area contributed by atoms with E-state index in [4.69, 9.17) is 0 Å². The molecule has 1 aliphatic carbocycles. The van der Waals surface area contributed by atoms with Gasteiger partial charge in [-0.15, -0.1) is 0 Å². The molecule has 1 amide bonds. The van der Waals surface area contributed by atoms with Crippen molar-refractivity contribution in [3.63, 3.8) is 0 Å². The molecule has 2 aromatic carbocycles. The van der Waals surface area contributed by atoms with E-state index in [0.717, 1.165) is 40.9 Å². The fraction of sp³-hybridized carbons (Fsp3) is 0.174. The number of imidazole rings is 1. The maximum Gasteiger partial charge on any atom is 0.235 e. The topological polar surface area (TPSA) is 59.3 Å². The molecule has 6 heteroatoms. The molecule has 2 heterocycles. The van der Waals surface area contributed by atoms with Crippen LogP contribution in [-0.2, 0) is 10.2 Å². The Labute approximate surface area is 167 Å². The highest BCUT2D eigenvalue weighted by Crippen LogP contribution is 2.49. The van der Waals surface area contributed by atoms with E-state index in [1.165, 1.54) is 12.1 Å². The third kappa shape index (κ3) is 3.06. The Morgan fingerprint density at radius 3 is 2.69 bits per heavy atom. The lowest BCUT2D eigenvalue weighted by atomic mass is 9.94. The predicted molar refractivity (Wildman–Crippen MR) is 109 cm³/mol. The molecule has 29 heavy (non-hydrogen) atoms. The third-order valence-corrected chi connectivity index (χ3v) is 5.60. The summed E-state index contributed by atoms with van der Waals surface area (Å²) >= 11 is 0. The number of aryl methyl sites for hydroxylation is 1. The summed E-state index contributed by atoms with van der Waals surface area (Å²) in [6, 6.07) is 14.0. The fourth-order valence-electron chi connectivity index (χ4n) is 3.67. The van der Waals surface area contributed by atoms with Gasteiger partial charge in [0.1, 0.15) is 5.82 Å². The molecule has 0 saturated heterocycles. The van der Waals surface area contributed by atoms with Crippen LogP contribution in [0.3, 0.4) is 0 Å². The smallest absolute Gasteiger partial charge is 0.235 e. The Morgan fingerprint density at radius 2 is 1.97 bits per heavy atom. The highest BCUT2D eigenvalue weighted by Gasteiger charge is 2.51. The van der Waals surface area contributed by atoms with Gasteiger partial charge >= 0.3 is 0 Å². The number of fused-ring (bicyclic) bond motifs is 1. The van der Waals surface area contributed by atoms with E-state index in [9.17, 15) is 9.18 Å². The summed E-state index contributed by atoms with van der Waals surface area (Å²) in [5.41, 5.74) is 3.71. The maximum absolute atomic E-state index is 13.3. The second-order valence-electron chi connectivity index (χ2n) is 7.53. The Morgan fingerprint density at radius 1 is 1.17 bits per heavy atom. The van der Waals surface area contributed by atoms with Crippen molar-refractivity contribution in [2.24, 2.45) is 0 Å². The third-order valence-electron chi connectivity index (χ3n) is 5.60. The largest absolute Gasteiger partial charge is 0.325 e. The van der Waals surface area contributed by atoms with Gasteiger partial charge in [-0.3, -0.25) is 9.20 Å². The van der Waals surface area contributed by atoms with Crippen LogP contribution in [0, 0.1) is 12.7 Å². The summed E-state index contributed by atoms with van der Waals surface area (Å²) in [7, 11) is 0. The fourth-order valence-corrected chi connectivity index (χ4v) is 3.67. The molecule has 0 spiro atoms. The van der Waals surface area contributed by atoms with Crippen molar-refractivity contribution in [1.29, 1.82) is 0 Å². The Balaban J connectivity index is 1.45. The quantitative estimate of drug-likeness (QED) is 0.561. The van der Waals surface area contributed by atoms with Crippen molar-refractivity contribution < 1.29 is 9.18 Å².